The summed E-state index contributed by atoms with van der Waals surface area (Å²) in [5.41, 5.74) is 1.14. The molecular formula is C15H13Cl2FN2O. The zero-order valence-electron chi connectivity index (χ0n) is 11.2. The molecule has 3 nitrogen and oxygen atoms in total. The summed E-state index contributed by atoms with van der Waals surface area (Å²) in [6.07, 6.45) is 0. The van der Waals surface area contributed by atoms with Gasteiger partial charge in [-0.1, -0.05) is 23.2 Å². The third kappa shape index (κ3) is 4.34. The van der Waals surface area contributed by atoms with Gasteiger partial charge in [0, 0.05) is 10.7 Å². The molecule has 0 aliphatic carbocycles. The van der Waals surface area contributed by atoms with E-state index in [9.17, 15) is 9.18 Å². The molecule has 2 aromatic carbocycles. The van der Waals surface area contributed by atoms with Gasteiger partial charge in [-0.25, -0.2) is 4.39 Å². The van der Waals surface area contributed by atoms with Gasteiger partial charge >= 0.3 is 0 Å². The van der Waals surface area contributed by atoms with Crippen LogP contribution in [0.1, 0.15) is 6.92 Å². The maximum absolute atomic E-state index is 12.8. The standard InChI is InChI=1S/C15H13Cl2FN2O/c1-9(19-12-5-3-11(18)4-6-12)15(21)20-14-7-2-10(16)8-13(14)17/h2-9,19H,1H3,(H,20,21)/t9-/m0/s1. The second kappa shape index (κ2) is 6.78. The number of amides is 1. The van der Waals surface area contributed by atoms with Crippen LogP contribution < -0.4 is 10.6 Å². The van der Waals surface area contributed by atoms with Crippen LogP contribution in [0.4, 0.5) is 15.8 Å². The Balaban J connectivity index is 2.00. The van der Waals surface area contributed by atoms with Gasteiger partial charge in [-0.3, -0.25) is 4.79 Å². The van der Waals surface area contributed by atoms with E-state index < -0.39 is 6.04 Å². The molecule has 110 valence electrons. The van der Waals surface area contributed by atoms with Crippen LogP contribution in [-0.4, -0.2) is 11.9 Å². The number of rotatable bonds is 4. The lowest BCUT2D eigenvalue weighted by Crippen LogP contribution is -2.31. The fourth-order valence-corrected chi connectivity index (χ4v) is 2.15. The molecule has 0 aliphatic heterocycles. The van der Waals surface area contributed by atoms with Gasteiger partial charge in [-0.2, -0.15) is 0 Å². The zero-order valence-corrected chi connectivity index (χ0v) is 12.7. The van der Waals surface area contributed by atoms with Gasteiger partial charge in [0.05, 0.1) is 10.7 Å². The summed E-state index contributed by atoms with van der Waals surface area (Å²) < 4.78 is 12.8. The lowest BCUT2D eigenvalue weighted by atomic mass is 10.2. The topological polar surface area (TPSA) is 41.1 Å². The fourth-order valence-electron chi connectivity index (χ4n) is 1.69. The Labute approximate surface area is 132 Å². The Morgan fingerprint density at radius 3 is 2.43 bits per heavy atom. The van der Waals surface area contributed by atoms with Gasteiger partial charge < -0.3 is 10.6 Å². The number of carbonyl (C=O) groups is 1. The lowest BCUT2D eigenvalue weighted by molar-refractivity contribution is -0.116. The summed E-state index contributed by atoms with van der Waals surface area (Å²) in [6, 6.07) is 10.1. The fraction of sp³-hybridized carbons (Fsp3) is 0.133. The first-order valence-corrected chi connectivity index (χ1v) is 6.99. The van der Waals surface area contributed by atoms with Crippen LogP contribution in [0.15, 0.2) is 42.5 Å². The molecule has 0 radical (unpaired) electrons. The predicted molar refractivity (Wildman–Crippen MR) is 84.6 cm³/mol. The molecule has 2 N–H and O–H groups in total. The first-order valence-electron chi connectivity index (χ1n) is 6.24. The highest BCUT2D eigenvalue weighted by Crippen LogP contribution is 2.25. The molecule has 0 spiro atoms. The van der Waals surface area contributed by atoms with Crippen molar-refractivity contribution in [2.24, 2.45) is 0 Å². The monoisotopic (exact) mass is 326 g/mol. The predicted octanol–water partition coefficient (Wildman–Crippen LogP) is 4.57. The second-order valence-electron chi connectivity index (χ2n) is 4.49. The number of hydrogen-bond acceptors (Lipinski definition) is 2. The smallest absolute Gasteiger partial charge is 0.246 e. The summed E-state index contributed by atoms with van der Waals surface area (Å²) in [5, 5.41) is 6.54. The van der Waals surface area contributed by atoms with Crippen LogP contribution >= 0.6 is 23.2 Å². The highest BCUT2D eigenvalue weighted by Gasteiger charge is 2.14. The van der Waals surface area contributed by atoms with Crippen molar-refractivity contribution in [2.45, 2.75) is 13.0 Å². The number of anilines is 2. The van der Waals surface area contributed by atoms with Crippen LogP contribution in [0.25, 0.3) is 0 Å². The van der Waals surface area contributed by atoms with Crippen LogP contribution in [-0.2, 0) is 4.79 Å². The van der Waals surface area contributed by atoms with E-state index in [1.807, 2.05) is 0 Å². The maximum Gasteiger partial charge on any atom is 0.246 e. The van der Waals surface area contributed by atoms with E-state index in [0.717, 1.165) is 0 Å². The van der Waals surface area contributed by atoms with Crippen molar-refractivity contribution >= 4 is 40.5 Å². The molecule has 0 aliphatic rings. The van der Waals surface area contributed by atoms with Crippen molar-refractivity contribution in [1.29, 1.82) is 0 Å². The molecule has 1 amide bonds. The van der Waals surface area contributed by atoms with E-state index in [-0.39, 0.29) is 11.7 Å². The molecule has 0 fully saturated rings. The van der Waals surface area contributed by atoms with Crippen LogP contribution in [0, 0.1) is 5.82 Å². The summed E-state index contributed by atoms with van der Waals surface area (Å²) >= 11 is 11.8. The molecule has 21 heavy (non-hydrogen) atoms. The molecule has 0 saturated carbocycles. The van der Waals surface area contributed by atoms with E-state index in [4.69, 9.17) is 23.2 Å². The van der Waals surface area contributed by atoms with Gasteiger partial charge in [-0.05, 0) is 49.4 Å². The number of carbonyl (C=O) groups excluding carboxylic acids is 1. The minimum Gasteiger partial charge on any atom is -0.374 e. The van der Waals surface area contributed by atoms with Crippen molar-refractivity contribution in [3.8, 4) is 0 Å². The largest absolute Gasteiger partial charge is 0.374 e. The highest BCUT2D eigenvalue weighted by molar-refractivity contribution is 6.36. The van der Waals surface area contributed by atoms with Crippen LogP contribution in [0.2, 0.25) is 10.0 Å². The van der Waals surface area contributed by atoms with Crippen LogP contribution in [0.5, 0.6) is 0 Å². The van der Waals surface area contributed by atoms with Crippen molar-refractivity contribution in [2.75, 3.05) is 10.6 Å². The quantitative estimate of drug-likeness (QED) is 0.863. The van der Waals surface area contributed by atoms with Crippen molar-refractivity contribution in [3.63, 3.8) is 0 Å². The third-order valence-electron chi connectivity index (χ3n) is 2.81. The molecule has 0 aromatic heterocycles. The van der Waals surface area contributed by atoms with E-state index in [2.05, 4.69) is 10.6 Å². The van der Waals surface area contributed by atoms with Gasteiger partial charge in [-0.15, -0.1) is 0 Å². The third-order valence-corrected chi connectivity index (χ3v) is 3.36. The Hall–Kier alpha value is -1.78. The molecule has 0 saturated heterocycles. The van der Waals surface area contributed by atoms with Crippen molar-refractivity contribution < 1.29 is 9.18 Å². The molecule has 2 rings (SSSR count). The molecule has 1 atom stereocenters. The van der Waals surface area contributed by atoms with E-state index in [0.29, 0.717) is 21.4 Å². The average molecular weight is 327 g/mol. The first kappa shape index (κ1) is 15.6. The molecule has 6 heteroatoms. The Morgan fingerprint density at radius 1 is 1.14 bits per heavy atom. The number of nitrogens with one attached hydrogen (secondary N) is 2. The van der Waals surface area contributed by atoms with Crippen molar-refractivity contribution in [3.05, 3.63) is 58.3 Å². The normalized spacial score (nSPS) is 11.8. The number of halogens is 3. The van der Waals surface area contributed by atoms with Gasteiger partial charge in [0.15, 0.2) is 0 Å². The number of benzene rings is 2. The van der Waals surface area contributed by atoms with Crippen molar-refractivity contribution in [1.82, 2.24) is 0 Å². The molecule has 0 bridgehead atoms. The second-order valence-corrected chi connectivity index (χ2v) is 5.33. The summed E-state index contributed by atoms with van der Waals surface area (Å²) in [7, 11) is 0. The maximum atomic E-state index is 12.8. The minimum absolute atomic E-state index is 0.261. The SMILES string of the molecule is C[C@H](Nc1ccc(F)cc1)C(=O)Nc1ccc(Cl)cc1Cl. The number of hydrogen-bond donors (Lipinski definition) is 2. The zero-order chi connectivity index (χ0) is 15.4. The van der Waals surface area contributed by atoms with Gasteiger partial charge in [0.1, 0.15) is 11.9 Å². The molecule has 0 unspecified atom stereocenters. The summed E-state index contributed by atoms with van der Waals surface area (Å²) in [4.78, 5) is 12.1. The Morgan fingerprint density at radius 2 is 1.81 bits per heavy atom. The summed E-state index contributed by atoms with van der Waals surface area (Å²) in [6.45, 7) is 1.70. The first-order chi connectivity index (χ1) is 9.95. The highest BCUT2D eigenvalue weighted by atomic mass is 35.5. The minimum atomic E-state index is -0.512. The molecule has 2 aromatic rings. The summed E-state index contributed by atoms with van der Waals surface area (Å²) in [5.74, 6) is -0.589. The molecular weight excluding hydrogens is 314 g/mol. The van der Waals surface area contributed by atoms with Gasteiger partial charge in [0.25, 0.3) is 0 Å². The Bertz CT molecular complexity index is 647. The van der Waals surface area contributed by atoms with Crippen LogP contribution in [0.3, 0.4) is 0 Å². The Kier molecular flexibility index (Phi) is 5.04. The van der Waals surface area contributed by atoms with E-state index in [1.54, 1.807) is 37.3 Å². The molecule has 0 heterocycles. The average Bonchev–Trinajstić information content (AvgIpc) is 2.44. The van der Waals surface area contributed by atoms with E-state index >= 15 is 0 Å². The lowest BCUT2D eigenvalue weighted by Gasteiger charge is -2.16. The van der Waals surface area contributed by atoms with Gasteiger partial charge in [0.2, 0.25) is 5.91 Å². The van der Waals surface area contributed by atoms with E-state index in [1.165, 1.54) is 12.1 Å².